The summed E-state index contributed by atoms with van der Waals surface area (Å²) in [5.74, 6) is 0.794. The Balaban J connectivity index is 1.47. The lowest BCUT2D eigenvalue weighted by molar-refractivity contribution is -0.0366. The van der Waals surface area contributed by atoms with Gasteiger partial charge < -0.3 is 19.5 Å². The third-order valence-corrected chi connectivity index (χ3v) is 7.12. The van der Waals surface area contributed by atoms with E-state index in [1.165, 1.54) is 0 Å². The molecule has 1 fully saturated rings. The second-order valence-corrected chi connectivity index (χ2v) is 11.9. The van der Waals surface area contributed by atoms with Crippen LogP contribution >= 0.6 is 0 Å². The fourth-order valence-corrected chi connectivity index (χ4v) is 5.05. The minimum absolute atomic E-state index is 0.0574. The maximum absolute atomic E-state index is 12.4. The van der Waals surface area contributed by atoms with Crippen LogP contribution in [-0.2, 0) is 21.6 Å². The molecule has 4 aromatic rings. The number of nitrogens with zero attached hydrogens (tertiary/aromatic N) is 2. The van der Waals surface area contributed by atoms with Crippen molar-refractivity contribution in [3.8, 4) is 16.9 Å². The fourth-order valence-electron chi connectivity index (χ4n) is 5.05. The summed E-state index contributed by atoms with van der Waals surface area (Å²) in [6.07, 6.45) is 4.56. The molecule has 1 unspecified atom stereocenters. The first-order valence-corrected chi connectivity index (χ1v) is 14.0. The zero-order chi connectivity index (χ0) is 28.3. The lowest BCUT2D eigenvalue weighted by Crippen LogP contribution is -2.43. The van der Waals surface area contributed by atoms with Gasteiger partial charge in [-0.05, 0) is 82.7 Å². The maximum Gasteiger partial charge on any atom is 0.408 e. The van der Waals surface area contributed by atoms with E-state index in [2.05, 4.69) is 41.7 Å². The van der Waals surface area contributed by atoms with Crippen molar-refractivity contribution >= 4 is 17.0 Å². The zero-order valence-corrected chi connectivity index (χ0v) is 24.1. The number of carbonyl (C=O) groups is 1. The van der Waals surface area contributed by atoms with E-state index in [-0.39, 0.29) is 6.23 Å². The molecule has 1 amide bonds. The van der Waals surface area contributed by atoms with Gasteiger partial charge >= 0.3 is 6.09 Å². The quantitative estimate of drug-likeness (QED) is 0.259. The van der Waals surface area contributed by atoms with Crippen molar-refractivity contribution in [2.24, 2.45) is 0 Å². The maximum atomic E-state index is 12.4. The summed E-state index contributed by atoms with van der Waals surface area (Å²) in [4.78, 5) is 12.4. The van der Waals surface area contributed by atoms with Gasteiger partial charge in [-0.2, -0.15) is 5.10 Å². The van der Waals surface area contributed by atoms with Crippen LogP contribution in [0.4, 0.5) is 4.79 Å². The third-order valence-electron chi connectivity index (χ3n) is 7.12. The summed E-state index contributed by atoms with van der Waals surface area (Å²) in [6, 6.07) is 22.6. The normalized spacial score (nSPS) is 16.1. The van der Waals surface area contributed by atoms with Crippen molar-refractivity contribution in [1.29, 1.82) is 0 Å². The van der Waals surface area contributed by atoms with E-state index in [0.29, 0.717) is 6.61 Å². The molecule has 0 saturated carbocycles. The molecular weight excluding hydrogens is 502 g/mol. The van der Waals surface area contributed by atoms with Gasteiger partial charge in [0.25, 0.3) is 0 Å². The number of amides is 1. The Morgan fingerprint density at radius 2 is 1.75 bits per heavy atom. The monoisotopic (exact) mass is 541 g/mol. The Kier molecular flexibility index (Phi) is 7.86. The molecule has 1 aliphatic rings. The molecule has 0 aliphatic carbocycles. The number of carbonyl (C=O) groups excluding carboxylic acids is 1. The van der Waals surface area contributed by atoms with Crippen LogP contribution in [0.3, 0.4) is 0 Å². The van der Waals surface area contributed by atoms with E-state index in [0.717, 1.165) is 64.8 Å². The van der Waals surface area contributed by atoms with Crippen molar-refractivity contribution in [3.05, 3.63) is 84.1 Å². The first-order valence-electron chi connectivity index (χ1n) is 14.0. The van der Waals surface area contributed by atoms with Crippen LogP contribution in [0.2, 0.25) is 0 Å². The Hall–Kier alpha value is -3.84. The standard InChI is InChI=1S/C33H39N3O4/c1-32(2,3)40-31(37)35-33(4,5)25-16-14-24(15-17-25)26-18-19-28-27(21-34-36(28)29-13-9-10-20-38-29)30(26)39-22-23-11-7-6-8-12-23/h6-8,11-12,14-19,21,29H,9-10,13,20,22H2,1-5H3,(H,35,37). The van der Waals surface area contributed by atoms with Crippen LogP contribution in [0.1, 0.15) is 71.2 Å². The molecule has 1 aromatic heterocycles. The van der Waals surface area contributed by atoms with Gasteiger partial charge in [-0.15, -0.1) is 0 Å². The topological polar surface area (TPSA) is 74.6 Å². The van der Waals surface area contributed by atoms with E-state index in [1.54, 1.807) is 0 Å². The molecule has 0 spiro atoms. The minimum Gasteiger partial charge on any atom is -0.487 e. The number of ether oxygens (including phenoxy) is 3. The van der Waals surface area contributed by atoms with Gasteiger partial charge in [0, 0.05) is 12.2 Å². The van der Waals surface area contributed by atoms with Crippen molar-refractivity contribution in [2.75, 3.05) is 6.61 Å². The highest BCUT2D eigenvalue weighted by Gasteiger charge is 2.27. The fraction of sp³-hybridized carbons (Fsp3) is 0.394. The number of hydrogen-bond acceptors (Lipinski definition) is 5. The Morgan fingerprint density at radius 3 is 2.42 bits per heavy atom. The van der Waals surface area contributed by atoms with E-state index in [9.17, 15) is 4.79 Å². The van der Waals surface area contributed by atoms with Gasteiger partial charge in [-0.25, -0.2) is 9.48 Å². The molecule has 1 N–H and O–H groups in total. The van der Waals surface area contributed by atoms with Crippen LogP contribution in [0.15, 0.2) is 72.9 Å². The second kappa shape index (κ2) is 11.3. The summed E-state index contributed by atoms with van der Waals surface area (Å²) in [5.41, 5.74) is 3.89. The van der Waals surface area contributed by atoms with E-state index in [4.69, 9.17) is 19.3 Å². The predicted octanol–water partition coefficient (Wildman–Crippen LogP) is 7.74. The third kappa shape index (κ3) is 6.31. The van der Waals surface area contributed by atoms with Crippen LogP contribution in [0.5, 0.6) is 5.75 Å². The molecule has 0 radical (unpaired) electrons. The highest BCUT2D eigenvalue weighted by molar-refractivity contribution is 5.93. The molecule has 5 rings (SSSR count). The van der Waals surface area contributed by atoms with Crippen molar-refractivity contribution < 1.29 is 19.0 Å². The average molecular weight is 542 g/mol. The molecule has 7 heteroatoms. The molecule has 1 aliphatic heterocycles. The highest BCUT2D eigenvalue weighted by atomic mass is 16.6. The SMILES string of the molecule is CC(C)(C)OC(=O)NC(C)(C)c1ccc(-c2ccc3c(cnn3C3CCCCO3)c2OCc2ccccc2)cc1. The van der Waals surface area contributed by atoms with Crippen LogP contribution < -0.4 is 10.1 Å². The van der Waals surface area contributed by atoms with Gasteiger partial charge in [0.05, 0.1) is 22.6 Å². The molecule has 2 heterocycles. The van der Waals surface area contributed by atoms with Crippen LogP contribution in [0.25, 0.3) is 22.0 Å². The molecule has 40 heavy (non-hydrogen) atoms. The van der Waals surface area contributed by atoms with Crippen molar-refractivity contribution in [1.82, 2.24) is 15.1 Å². The van der Waals surface area contributed by atoms with Gasteiger partial charge in [-0.3, -0.25) is 0 Å². The van der Waals surface area contributed by atoms with E-state index < -0.39 is 17.2 Å². The Bertz CT molecular complexity index is 1450. The summed E-state index contributed by atoms with van der Waals surface area (Å²) >= 11 is 0. The number of alkyl carbamates (subject to hydrolysis) is 1. The van der Waals surface area contributed by atoms with Crippen molar-refractivity contribution in [3.63, 3.8) is 0 Å². The molecular formula is C33H39N3O4. The number of benzene rings is 3. The van der Waals surface area contributed by atoms with E-state index in [1.807, 2.05) is 75.8 Å². The summed E-state index contributed by atoms with van der Waals surface area (Å²) < 4.78 is 20.0. The van der Waals surface area contributed by atoms with Crippen LogP contribution in [-0.4, -0.2) is 28.1 Å². The van der Waals surface area contributed by atoms with Crippen molar-refractivity contribution in [2.45, 2.75) is 77.9 Å². The molecule has 1 atom stereocenters. The van der Waals surface area contributed by atoms with Crippen LogP contribution in [0, 0.1) is 0 Å². The molecule has 7 nitrogen and oxygen atoms in total. The highest BCUT2D eigenvalue weighted by Crippen LogP contribution is 2.39. The van der Waals surface area contributed by atoms with Gasteiger partial charge in [0.15, 0.2) is 6.23 Å². The minimum atomic E-state index is -0.613. The molecule has 1 saturated heterocycles. The first-order chi connectivity index (χ1) is 19.1. The number of fused-ring (bicyclic) bond motifs is 1. The molecule has 210 valence electrons. The number of aromatic nitrogens is 2. The number of hydrogen-bond donors (Lipinski definition) is 1. The molecule has 0 bridgehead atoms. The summed E-state index contributed by atoms with van der Waals surface area (Å²) in [6.45, 7) is 10.7. The number of rotatable bonds is 7. The lowest BCUT2D eigenvalue weighted by atomic mass is 9.92. The van der Waals surface area contributed by atoms with Gasteiger partial charge in [0.1, 0.15) is 18.0 Å². The summed E-state index contributed by atoms with van der Waals surface area (Å²) in [7, 11) is 0. The van der Waals surface area contributed by atoms with Gasteiger partial charge in [0.2, 0.25) is 0 Å². The largest absolute Gasteiger partial charge is 0.487 e. The lowest BCUT2D eigenvalue weighted by Gasteiger charge is -2.29. The predicted molar refractivity (Wildman–Crippen MR) is 157 cm³/mol. The van der Waals surface area contributed by atoms with E-state index >= 15 is 0 Å². The smallest absolute Gasteiger partial charge is 0.408 e. The molecule has 3 aromatic carbocycles. The zero-order valence-electron chi connectivity index (χ0n) is 24.1. The Morgan fingerprint density at radius 1 is 1.00 bits per heavy atom. The first kappa shape index (κ1) is 27.7. The number of nitrogens with one attached hydrogen (secondary N) is 1. The second-order valence-electron chi connectivity index (χ2n) is 11.9. The summed E-state index contributed by atoms with van der Waals surface area (Å²) in [5, 5.41) is 8.67. The van der Waals surface area contributed by atoms with Gasteiger partial charge in [-0.1, -0.05) is 54.6 Å². The Labute approximate surface area is 236 Å². The average Bonchev–Trinajstić information content (AvgIpc) is 3.36.